The van der Waals surface area contributed by atoms with Gasteiger partial charge < -0.3 is 9.52 Å². The van der Waals surface area contributed by atoms with Crippen LogP contribution in [0, 0.1) is 0 Å². The molecule has 0 amide bonds. The molecule has 3 nitrogen and oxygen atoms in total. The van der Waals surface area contributed by atoms with Crippen molar-refractivity contribution < 1.29 is 9.52 Å². The summed E-state index contributed by atoms with van der Waals surface area (Å²) in [5, 5.41) is 9.75. The summed E-state index contributed by atoms with van der Waals surface area (Å²) < 4.78 is 6.29. The number of aromatic hydroxyl groups is 1. The monoisotopic (exact) mass is 353 g/mol. The molecule has 1 saturated carbocycles. The Bertz CT molecular complexity index is 1010. The standard InChI is InChI=1S/C24H19NO2/c26-19-13-7-12-18(14-19)20-15-21(20)24-25-22(16-8-3-1-4-9-16)23(27-24)17-10-5-2-6-11-17/h1-14,20-21,26H,15H2. The SMILES string of the molecule is Oc1cccc(C2CC2c2nc(-c3ccccc3)c(-c3ccccc3)o2)c1. The van der Waals surface area contributed by atoms with Crippen LogP contribution in [-0.2, 0) is 0 Å². The van der Waals surface area contributed by atoms with Gasteiger partial charge in [0.15, 0.2) is 11.7 Å². The molecular weight excluding hydrogens is 334 g/mol. The molecule has 1 heterocycles. The van der Waals surface area contributed by atoms with Crippen molar-refractivity contribution in [3.05, 3.63) is 96.4 Å². The second-order valence-electron chi connectivity index (χ2n) is 7.01. The fourth-order valence-corrected chi connectivity index (χ4v) is 3.66. The summed E-state index contributed by atoms with van der Waals surface area (Å²) in [4.78, 5) is 4.89. The molecule has 3 aromatic carbocycles. The first kappa shape index (κ1) is 15.9. The minimum absolute atomic E-state index is 0.256. The molecule has 1 fully saturated rings. The Morgan fingerprint density at radius 1 is 0.778 bits per heavy atom. The lowest BCUT2D eigenvalue weighted by molar-refractivity contribution is 0.474. The molecule has 1 aromatic heterocycles. The molecule has 2 atom stereocenters. The molecular formula is C24H19NO2. The number of aromatic nitrogens is 1. The van der Waals surface area contributed by atoms with E-state index in [0.717, 1.165) is 40.5 Å². The van der Waals surface area contributed by atoms with Gasteiger partial charge in [-0.1, -0.05) is 72.8 Å². The molecule has 3 heteroatoms. The van der Waals surface area contributed by atoms with Gasteiger partial charge in [0.1, 0.15) is 11.4 Å². The van der Waals surface area contributed by atoms with Gasteiger partial charge in [-0.15, -0.1) is 0 Å². The van der Waals surface area contributed by atoms with E-state index in [0.29, 0.717) is 11.7 Å². The van der Waals surface area contributed by atoms with Crippen molar-refractivity contribution in [3.8, 4) is 28.3 Å². The van der Waals surface area contributed by atoms with Crippen LogP contribution in [0.5, 0.6) is 5.75 Å². The number of phenolic OH excluding ortho intramolecular Hbond substituents is 1. The van der Waals surface area contributed by atoms with Gasteiger partial charge in [-0.05, 0) is 30.0 Å². The Kier molecular flexibility index (Phi) is 3.79. The highest BCUT2D eigenvalue weighted by molar-refractivity contribution is 5.76. The van der Waals surface area contributed by atoms with E-state index < -0.39 is 0 Å². The van der Waals surface area contributed by atoms with Crippen LogP contribution in [0.2, 0.25) is 0 Å². The van der Waals surface area contributed by atoms with Gasteiger partial charge in [-0.2, -0.15) is 0 Å². The third-order valence-corrected chi connectivity index (χ3v) is 5.13. The van der Waals surface area contributed by atoms with Gasteiger partial charge in [0, 0.05) is 17.0 Å². The van der Waals surface area contributed by atoms with Crippen LogP contribution < -0.4 is 0 Å². The van der Waals surface area contributed by atoms with Crippen LogP contribution in [-0.4, -0.2) is 10.1 Å². The first-order valence-electron chi connectivity index (χ1n) is 9.20. The van der Waals surface area contributed by atoms with E-state index in [1.54, 1.807) is 6.07 Å². The molecule has 1 aliphatic rings. The molecule has 1 aliphatic carbocycles. The van der Waals surface area contributed by atoms with E-state index >= 15 is 0 Å². The van der Waals surface area contributed by atoms with Gasteiger partial charge in [0.25, 0.3) is 0 Å². The smallest absolute Gasteiger partial charge is 0.199 e. The third kappa shape index (κ3) is 3.02. The number of benzene rings is 3. The van der Waals surface area contributed by atoms with Crippen molar-refractivity contribution in [3.63, 3.8) is 0 Å². The Hall–Kier alpha value is -3.33. The Morgan fingerprint density at radius 2 is 1.48 bits per heavy atom. The number of oxazole rings is 1. The highest BCUT2D eigenvalue weighted by atomic mass is 16.4. The van der Waals surface area contributed by atoms with Crippen LogP contribution in [0.3, 0.4) is 0 Å². The lowest BCUT2D eigenvalue weighted by Gasteiger charge is -2.01. The largest absolute Gasteiger partial charge is 0.508 e. The lowest BCUT2D eigenvalue weighted by atomic mass is 10.1. The molecule has 1 N–H and O–H groups in total. The highest BCUT2D eigenvalue weighted by Gasteiger charge is 2.43. The summed E-state index contributed by atoms with van der Waals surface area (Å²) in [7, 11) is 0. The van der Waals surface area contributed by atoms with E-state index in [9.17, 15) is 5.11 Å². The number of hydrogen-bond acceptors (Lipinski definition) is 3. The highest BCUT2D eigenvalue weighted by Crippen LogP contribution is 2.55. The molecule has 0 radical (unpaired) electrons. The number of phenols is 1. The molecule has 0 bridgehead atoms. The second kappa shape index (κ2) is 6.44. The fraction of sp³-hybridized carbons (Fsp3) is 0.125. The van der Waals surface area contributed by atoms with Crippen molar-refractivity contribution in [2.45, 2.75) is 18.3 Å². The third-order valence-electron chi connectivity index (χ3n) is 5.13. The van der Waals surface area contributed by atoms with Crippen LogP contribution in [0.4, 0.5) is 0 Å². The van der Waals surface area contributed by atoms with Crippen molar-refractivity contribution in [2.75, 3.05) is 0 Å². The van der Waals surface area contributed by atoms with Gasteiger partial charge in [-0.25, -0.2) is 4.98 Å². The quantitative estimate of drug-likeness (QED) is 0.490. The van der Waals surface area contributed by atoms with Crippen LogP contribution >= 0.6 is 0 Å². The van der Waals surface area contributed by atoms with Gasteiger partial charge in [0.05, 0.1) is 0 Å². The molecule has 27 heavy (non-hydrogen) atoms. The first-order valence-corrected chi connectivity index (χ1v) is 9.20. The molecule has 0 aliphatic heterocycles. The summed E-state index contributed by atoms with van der Waals surface area (Å²) in [5.41, 5.74) is 4.12. The topological polar surface area (TPSA) is 46.3 Å². The zero-order chi connectivity index (χ0) is 18.2. The minimum Gasteiger partial charge on any atom is -0.508 e. The van der Waals surface area contributed by atoms with Crippen molar-refractivity contribution >= 4 is 0 Å². The summed E-state index contributed by atoms with van der Waals surface area (Å²) in [6.07, 6.45) is 0.992. The number of hydrogen-bond donors (Lipinski definition) is 1. The number of nitrogens with zero attached hydrogens (tertiary/aromatic N) is 1. The number of rotatable bonds is 4. The summed E-state index contributed by atoms with van der Waals surface area (Å²) >= 11 is 0. The Morgan fingerprint density at radius 3 is 2.19 bits per heavy atom. The summed E-state index contributed by atoms with van der Waals surface area (Å²) in [6, 6.07) is 27.8. The maximum Gasteiger partial charge on any atom is 0.199 e. The van der Waals surface area contributed by atoms with E-state index in [2.05, 4.69) is 30.3 Å². The van der Waals surface area contributed by atoms with Crippen LogP contribution in [0.1, 0.15) is 29.7 Å². The maximum absolute atomic E-state index is 9.75. The maximum atomic E-state index is 9.75. The van der Waals surface area contributed by atoms with Gasteiger partial charge in [-0.3, -0.25) is 0 Å². The zero-order valence-electron chi connectivity index (χ0n) is 14.7. The van der Waals surface area contributed by atoms with Gasteiger partial charge >= 0.3 is 0 Å². The first-order chi connectivity index (χ1) is 13.3. The van der Waals surface area contributed by atoms with Crippen molar-refractivity contribution in [2.24, 2.45) is 0 Å². The summed E-state index contributed by atoms with van der Waals surface area (Å²) in [5.74, 6) is 2.51. The Balaban J connectivity index is 1.54. The minimum atomic E-state index is 0.256. The normalized spacial score (nSPS) is 18.4. The van der Waals surface area contributed by atoms with Crippen LogP contribution in [0.15, 0.2) is 89.3 Å². The van der Waals surface area contributed by atoms with Gasteiger partial charge in [0.2, 0.25) is 0 Å². The predicted octanol–water partition coefficient (Wildman–Crippen LogP) is 5.99. The van der Waals surface area contributed by atoms with E-state index in [4.69, 9.17) is 9.40 Å². The van der Waals surface area contributed by atoms with E-state index in [-0.39, 0.29) is 5.92 Å². The lowest BCUT2D eigenvalue weighted by Crippen LogP contribution is -1.85. The average Bonchev–Trinajstić information content (AvgIpc) is 3.40. The molecule has 2 unspecified atom stereocenters. The average molecular weight is 353 g/mol. The second-order valence-corrected chi connectivity index (χ2v) is 7.01. The molecule has 5 rings (SSSR count). The molecule has 4 aromatic rings. The van der Waals surface area contributed by atoms with Crippen molar-refractivity contribution in [1.29, 1.82) is 0 Å². The molecule has 132 valence electrons. The van der Waals surface area contributed by atoms with E-state index in [1.165, 1.54) is 0 Å². The van der Waals surface area contributed by atoms with E-state index in [1.807, 2.05) is 48.5 Å². The molecule has 0 saturated heterocycles. The predicted molar refractivity (Wildman–Crippen MR) is 106 cm³/mol. The van der Waals surface area contributed by atoms with Crippen molar-refractivity contribution in [1.82, 2.24) is 4.98 Å². The van der Waals surface area contributed by atoms with Crippen LogP contribution in [0.25, 0.3) is 22.6 Å². The fourth-order valence-electron chi connectivity index (χ4n) is 3.66. The zero-order valence-corrected chi connectivity index (χ0v) is 14.7. The summed E-state index contributed by atoms with van der Waals surface area (Å²) in [6.45, 7) is 0. The Labute approximate surface area is 157 Å². The molecule has 0 spiro atoms.